The number of para-hydroxylation sites is 1. The van der Waals surface area contributed by atoms with E-state index in [1.165, 1.54) is 24.0 Å². The zero-order chi connectivity index (χ0) is 28.5. The summed E-state index contributed by atoms with van der Waals surface area (Å²) in [5, 5.41) is 3.33. The van der Waals surface area contributed by atoms with E-state index >= 15 is 0 Å². The Balaban J connectivity index is 1.57. The average molecular weight is 544 g/mol. The summed E-state index contributed by atoms with van der Waals surface area (Å²) in [4.78, 5) is 18.3. The van der Waals surface area contributed by atoms with E-state index in [2.05, 4.69) is 56.1 Å². The number of carbonyl (C=O) groups excluding carboxylic acids is 1. The first-order valence-electron chi connectivity index (χ1n) is 14.6. The standard InChI is InChI=1S/C34H45N3O3/c1-25(2)29-14-11-15-30(26(3)4)33(29)35-34(38)37(21-20-36-18-9-10-19-36)23-28-16-17-31(39-5)32(22-28)40-24-27-12-7-6-8-13-27/h6-8,11-17,22,25-26H,9-10,18-21,23-24H2,1-5H3,(H,35,38). The monoisotopic (exact) mass is 543 g/mol. The van der Waals surface area contributed by atoms with Crippen molar-refractivity contribution in [1.29, 1.82) is 0 Å². The highest BCUT2D eigenvalue weighted by molar-refractivity contribution is 5.91. The van der Waals surface area contributed by atoms with E-state index in [4.69, 9.17) is 9.47 Å². The van der Waals surface area contributed by atoms with Gasteiger partial charge in [0.05, 0.1) is 7.11 Å². The molecule has 3 aromatic carbocycles. The summed E-state index contributed by atoms with van der Waals surface area (Å²) in [6.07, 6.45) is 2.46. The molecule has 6 heteroatoms. The van der Waals surface area contributed by atoms with Crippen LogP contribution in [0.4, 0.5) is 10.5 Å². The Kier molecular flexibility index (Phi) is 10.5. The molecule has 0 aromatic heterocycles. The summed E-state index contributed by atoms with van der Waals surface area (Å²) in [5.74, 6) is 1.96. The fourth-order valence-corrected chi connectivity index (χ4v) is 5.29. The van der Waals surface area contributed by atoms with Crippen molar-refractivity contribution in [2.75, 3.05) is 38.6 Å². The number of rotatable bonds is 12. The number of hydrogen-bond acceptors (Lipinski definition) is 4. The van der Waals surface area contributed by atoms with Gasteiger partial charge in [-0.15, -0.1) is 0 Å². The minimum Gasteiger partial charge on any atom is -0.493 e. The van der Waals surface area contributed by atoms with Gasteiger partial charge in [0.25, 0.3) is 0 Å². The number of nitrogens with zero attached hydrogens (tertiary/aromatic N) is 2. The fourth-order valence-electron chi connectivity index (χ4n) is 5.29. The molecule has 0 radical (unpaired) electrons. The van der Waals surface area contributed by atoms with Crippen LogP contribution < -0.4 is 14.8 Å². The highest BCUT2D eigenvalue weighted by atomic mass is 16.5. The molecule has 1 aliphatic rings. The summed E-state index contributed by atoms with van der Waals surface area (Å²) >= 11 is 0. The second-order valence-electron chi connectivity index (χ2n) is 11.3. The minimum absolute atomic E-state index is 0.0724. The van der Waals surface area contributed by atoms with E-state index < -0.39 is 0 Å². The van der Waals surface area contributed by atoms with Gasteiger partial charge in [-0.1, -0.05) is 82.3 Å². The molecule has 1 N–H and O–H groups in total. The molecule has 1 fully saturated rings. The molecule has 4 rings (SSSR count). The lowest BCUT2D eigenvalue weighted by Crippen LogP contribution is -2.40. The van der Waals surface area contributed by atoms with Crippen molar-refractivity contribution in [3.63, 3.8) is 0 Å². The van der Waals surface area contributed by atoms with Gasteiger partial charge >= 0.3 is 6.03 Å². The lowest BCUT2D eigenvalue weighted by Gasteiger charge is -2.28. The van der Waals surface area contributed by atoms with Crippen LogP contribution in [0.5, 0.6) is 11.5 Å². The van der Waals surface area contributed by atoms with E-state index in [0.717, 1.165) is 36.4 Å². The van der Waals surface area contributed by atoms with Gasteiger partial charge in [0.15, 0.2) is 11.5 Å². The van der Waals surface area contributed by atoms with Crippen molar-refractivity contribution in [3.8, 4) is 11.5 Å². The molecule has 6 nitrogen and oxygen atoms in total. The van der Waals surface area contributed by atoms with Crippen LogP contribution in [0.15, 0.2) is 66.7 Å². The van der Waals surface area contributed by atoms with Gasteiger partial charge in [0.2, 0.25) is 0 Å². The van der Waals surface area contributed by atoms with Crippen LogP contribution >= 0.6 is 0 Å². The molecular formula is C34H45N3O3. The molecule has 0 spiro atoms. The molecule has 0 aliphatic carbocycles. The van der Waals surface area contributed by atoms with Crippen LogP contribution in [0.3, 0.4) is 0 Å². The Morgan fingerprint density at radius 3 is 2.17 bits per heavy atom. The molecule has 214 valence electrons. The van der Waals surface area contributed by atoms with Crippen molar-refractivity contribution < 1.29 is 14.3 Å². The summed E-state index contributed by atoms with van der Waals surface area (Å²) in [5.41, 5.74) is 5.37. The van der Waals surface area contributed by atoms with Crippen LogP contribution in [0.25, 0.3) is 0 Å². The maximum absolute atomic E-state index is 13.9. The smallest absolute Gasteiger partial charge is 0.322 e. The number of benzene rings is 3. The first-order valence-corrected chi connectivity index (χ1v) is 14.6. The number of urea groups is 1. The van der Waals surface area contributed by atoms with E-state index in [9.17, 15) is 4.79 Å². The lowest BCUT2D eigenvalue weighted by atomic mass is 9.93. The SMILES string of the molecule is COc1ccc(CN(CCN2CCCC2)C(=O)Nc2c(C(C)C)cccc2C(C)C)cc1OCc1ccccc1. The molecule has 0 unspecified atom stereocenters. The number of carbonyl (C=O) groups is 1. The maximum Gasteiger partial charge on any atom is 0.322 e. The molecule has 3 aromatic rings. The number of nitrogens with one attached hydrogen (secondary N) is 1. The normalized spacial score (nSPS) is 13.6. The summed E-state index contributed by atoms with van der Waals surface area (Å²) in [6, 6.07) is 22.3. The Bertz CT molecular complexity index is 1210. The highest BCUT2D eigenvalue weighted by Crippen LogP contribution is 2.33. The van der Waals surface area contributed by atoms with Crippen molar-refractivity contribution in [3.05, 3.63) is 89.0 Å². The summed E-state index contributed by atoms with van der Waals surface area (Å²) in [6.45, 7) is 13.3. The van der Waals surface area contributed by atoms with Gasteiger partial charge in [0, 0.05) is 25.3 Å². The van der Waals surface area contributed by atoms with Crippen LogP contribution in [-0.2, 0) is 13.2 Å². The highest BCUT2D eigenvalue weighted by Gasteiger charge is 2.22. The van der Waals surface area contributed by atoms with E-state index in [0.29, 0.717) is 43.0 Å². The van der Waals surface area contributed by atoms with Crippen LogP contribution in [0, 0.1) is 0 Å². The van der Waals surface area contributed by atoms with Gasteiger partial charge in [0.1, 0.15) is 6.61 Å². The zero-order valence-electron chi connectivity index (χ0n) is 24.8. The molecular weight excluding hydrogens is 498 g/mol. The second-order valence-corrected chi connectivity index (χ2v) is 11.3. The predicted molar refractivity (Wildman–Crippen MR) is 163 cm³/mol. The minimum atomic E-state index is -0.0724. The molecule has 0 atom stereocenters. The number of ether oxygens (including phenoxy) is 2. The molecule has 0 saturated carbocycles. The number of anilines is 1. The maximum atomic E-state index is 13.9. The predicted octanol–water partition coefficient (Wildman–Crippen LogP) is 7.65. The van der Waals surface area contributed by atoms with Gasteiger partial charge in [-0.2, -0.15) is 0 Å². The number of amides is 2. The molecule has 1 saturated heterocycles. The van der Waals surface area contributed by atoms with Crippen molar-refractivity contribution in [1.82, 2.24) is 9.80 Å². The largest absolute Gasteiger partial charge is 0.493 e. The molecule has 1 heterocycles. The van der Waals surface area contributed by atoms with Gasteiger partial charge in [-0.25, -0.2) is 4.79 Å². The van der Waals surface area contributed by atoms with Crippen LogP contribution in [0.2, 0.25) is 0 Å². The first-order chi connectivity index (χ1) is 19.4. The van der Waals surface area contributed by atoms with E-state index in [1.807, 2.05) is 53.4 Å². The molecule has 1 aliphatic heterocycles. The number of methoxy groups -OCH3 is 1. The summed E-state index contributed by atoms with van der Waals surface area (Å²) < 4.78 is 11.7. The van der Waals surface area contributed by atoms with E-state index in [1.54, 1.807) is 7.11 Å². The molecule has 2 amide bonds. The van der Waals surface area contributed by atoms with Crippen molar-refractivity contribution in [2.24, 2.45) is 0 Å². The van der Waals surface area contributed by atoms with Crippen molar-refractivity contribution >= 4 is 11.7 Å². The first kappa shape index (κ1) is 29.5. The third kappa shape index (κ3) is 7.79. The number of hydrogen-bond donors (Lipinski definition) is 1. The quantitative estimate of drug-likeness (QED) is 0.255. The van der Waals surface area contributed by atoms with Crippen LogP contribution in [0.1, 0.15) is 74.6 Å². The molecule has 0 bridgehead atoms. The van der Waals surface area contributed by atoms with Crippen molar-refractivity contribution in [2.45, 2.75) is 65.5 Å². The Morgan fingerprint density at radius 2 is 1.55 bits per heavy atom. The second kappa shape index (κ2) is 14.2. The Hall–Kier alpha value is -3.51. The van der Waals surface area contributed by atoms with Crippen LogP contribution in [-0.4, -0.2) is 49.1 Å². The summed E-state index contributed by atoms with van der Waals surface area (Å²) in [7, 11) is 1.65. The topological polar surface area (TPSA) is 54.0 Å². The van der Waals surface area contributed by atoms with Gasteiger partial charge < -0.3 is 24.6 Å². The third-order valence-corrected chi connectivity index (χ3v) is 7.62. The Labute approximate surface area is 240 Å². The molecule has 40 heavy (non-hydrogen) atoms. The third-order valence-electron chi connectivity index (χ3n) is 7.62. The Morgan fingerprint density at radius 1 is 0.875 bits per heavy atom. The van der Waals surface area contributed by atoms with Gasteiger partial charge in [-0.05, 0) is 72.2 Å². The van der Waals surface area contributed by atoms with Gasteiger partial charge in [-0.3, -0.25) is 0 Å². The average Bonchev–Trinajstić information content (AvgIpc) is 3.48. The number of likely N-dealkylation sites (tertiary alicyclic amines) is 1. The zero-order valence-corrected chi connectivity index (χ0v) is 24.8. The fraction of sp³-hybridized carbons (Fsp3) is 0.441. The van der Waals surface area contributed by atoms with E-state index in [-0.39, 0.29) is 6.03 Å². The lowest BCUT2D eigenvalue weighted by molar-refractivity contribution is 0.197.